The molecular formula is C28H25BrN2O5S. The third-order valence-electron chi connectivity index (χ3n) is 5.58. The summed E-state index contributed by atoms with van der Waals surface area (Å²) in [7, 11) is 1.57. The van der Waals surface area contributed by atoms with Crippen molar-refractivity contribution >= 4 is 56.5 Å². The van der Waals surface area contributed by atoms with E-state index in [-0.39, 0.29) is 11.5 Å². The lowest BCUT2D eigenvalue weighted by Gasteiger charge is -2.14. The first-order valence-corrected chi connectivity index (χ1v) is 13.1. The lowest BCUT2D eigenvalue weighted by molar-refractivity contribution is -0.122. The molecule has 1 aliphatic rings. The van der Waals surface area contributed by atoms with Crippen LogP contribution in [0.15, 0.2) is 75.0 Å². The van der Waals surface area contributed by atoms with E-state index in [0.29, 0.717) is 44.9 Å². The first-order chi connectivity index (χ1) is 17.8. The third-order valence-corrected chi connectivity index (χ3v) is 7.17. The first kappa shape index (κ1) is 26.5. The van der Waals surface area contributed by atoms with E-state index in [9.17, 15) is 14.7 Å². The van der Waals surface area contributed by atoms with Crippen LogP contribution in [-0.2, 0) is 11.4 Å². The van der Waals surface area contributed by atoms with E-state index in [4.69, 9.17) is 9.47 Å². The molecule has 37 heavy (non-hydrogen) atoms. The largest absolute Gasteiger partial charge is 0.493 e. The zero-order chi connectivity index (χ0) is 26.5. The molecule has 4 rings (SSSR count). The molecule has 0 bridgehead atoms. The highest BCUT2D eigenvalue weighted by molar-refractivity contribution is 9.10. The van der Waals surface area contributed by atoms with Crippen molar-refractivity contribution in [3.05, 3.63) is 92.3 Å². The van der Waals surface area contributed by atoms with Gasteiger partial charge < -0.3 is 14.6 Å². The summed E-state index contributed by atoms with van der Waals surface area (Å²) < 4.78 is 12.3. The standard InChI is InChI=1S/C28H25BrN2O5S/c1-4-31-26(32)24(37-28(31)30-21-7-5-6-20(15-21)27(33)34)14-19-12-22(29)25(23(13-19)35-3)36-16-18-10-8-17(2)9-11-18/h5-15H,4,16H2,1-3H3,(H,33,34). The second kappa shape index (κ2) is 11.7. The zero-order valence-corrected chi connectivity index (χ0v) is 22.9. The van der Waals surface area contributed by atoms with Crippen molar-refractivity contribution in [3.63, 3.8) is 0 Å². The molecule has 1 N–H and O–H groups in total. The van der Waals surface area contributed by atoms with E-state index in [1.54, 1.807) is 30.2 Å². The number of amides is 1. The maximum atomic E-state index is 13.1. The van der Waals surface area contributed by atoms with Crippen molar-refractivity contribution < 1.29 is 24.2 Å². The van der Waals surface area contributed by atoms with Crippen molar-refractivity contribution in [2.75, 3.05) is 13.7 Å². The molecule has 3 aromatic carbocycles. The minimum Gasteiger partial charge on any atom is -0.493 e. The normalized spacial score (nSPS) is 15.5. The molecule has 9 heteroatoms. The second-order valence-electron chi connectivity index (χ2n) is 8.22. The van der Waals surface area contributed by atoms with Gasteiger partial charge in [-0.25, -0.2) is 9.79 Å². The molecule has 1 heterocycles. The van der Waals surface area contributed by atoms with E-state index >= 15 is 0 Å². The lowest BCUT2D eigenvalue weighted by atomic mass is 10.1. The number of carboxylic acids is 1. The van der Waals surface area contributed by atoms with Gasteiger partial charge >= 0.3 is 5.97 Å². The molecule has 0 radical (unpaired) electrons. The number of nitrogens with zero attached hydrogens (tertiary/aromatic N) is 2. The molecule has 0 aromatic heterocycles. The number of rotatable bonds is 8. The molecular weight excluding hydrogens is 556 g/mol. The van der Waals surface area contributed by atoms with Crippen LogP contribution in [0.4, 0.5) is 5.69 Å². The third kappa shape index (κ3) is 6.23. The second-order valence-corrected chi connectivity index (χ2v) is 10.1. The number of ether oxygens (including phenoxy) is 2. The summed E-state index contributed by atoms with van der Waals surface area (Å²) in [6, 6.07) is 18.1. The van der Waals surface area contributed by atoms with Crippen LogP contribution >= 0.6 is 27.7 Å². The SMILES string of the molecule is CCN1C(=O)C(=Cc2cc(Br)c(OCc3ccc(C)cc3)c(OC)c2)SC1=Nc1cccc(C(=O)O)c1. The van der Waals surface area contributed by atoms with Gasteiger partial charge in [0.25, 0.3) is 5.91 Å². The van der Waals surface area contributed by atoms with E-state index in [1.807, 2.05) is 50.2 Å². The van der Waals surface area contributed by atoms with Crippen molar-refractivity contribution in [1.82, 2.24) is 4.90 Å². The van der Waals surface area contributed by atoms with Gasteiger partial charge in [0, 0.05) is 6.54 Å². The molecule has 1 saturated heterocycles. The fraction of sp³-hybridized carbons (Fsp3) is 0.179. The van der Waals surface area contributed by atoms with Gasteiger partial charge in [-0.05, 0) is 89.1 Å². The number of carbonyl (C=O) groups excluding carboxylic acids is 1. The van der Waals surface area contributed by atoms with Gasteiger partial charge in [-0.2, -0.15) is 0 Å². The van der Waals surface area contributed by atoms with Crippen LogP contribution in [0, 0.1) is 6.92 Å². The summed E-state index contributed by atoms with van der Waals surface area (Å²) in [5, 5.41) is 9.74. The van der Waals surface area contributed by atoms with Crippen LogP contribution in [0.2, 0.25) is 0 Å². The molecule has 0 spiro atoms. The zero-order valence-electron chi connectivity index (χ0n) is 20.5. The minimum atomic E-state index is -1.03. The van der Waals surface area contributed by atoms with Crippen LogP contribution in [0.25, 0.3) is 6.08 Å². The Kier molecular flexibility index (Phi) is 8.35. The van der Waals surface area contributed by atoms with Gasteiger partial charge in [-0.3, -0.25) is 9.69 Å². The number of carbonyl (C=O) groups is 2. The Morgan fingerprint density at radius 1 is 1.16 bits per heavy atom. The maximum absolute atomic E-state index is 13.1. The molecule has 0 aliphatic carbocycles. The molecule has 7 nitrogen and oxygen atoms in total. The number of thioether (sulfide) groups is 1. The Hall–Kier alpha value is -3.56. The van der Waals surface area contributed by atoms with Crippen molar-refractivity contribution in [1.29, 1.82) is 0 Å². The molecule has 1 amide bonds. The fourth-order valence-electron chi connectivity index (χ4n) is 3.64. The van der Waals surface area contributed by atoms with Crippen molar-refractivity contribution in [3.8, 4) is 11.5 Å². The quantitative estimate of drug-likeness (QED) is 0.299. The number of amidine groups is 1. The van der Waals surface area contributed by atoms with Gasteiger partial charge in [0.05, 0.1) is 27.7 Å². The highest BCUT2D eigenvalue weighted by Crippen LogP contribution is 2.40. The van der Waals surface area contributed by atoms with Crippen molar-refractivity contribution in [2.24, 2.45) is 4.99 Å². The molecule has 3 aromatic rings. The van der Waals surface area contributed by atoms with E-state index < -0.39 is 5.97 Å². The summed E-state index contributed by atoms with van der Waals surface area (Å²) in [6.07, 6.45) is 1.78. The van der Waals surface area contributed by atoms with Gasteiger partial charge in [0.15, 0.2) is 16.7 Å². The number of hydrogen-bond donors (Lipinski definition) is 1. The molecule has 1 fully saturated rings. The number of hydrogen-bond acceptors (Lipinski definition) is 6. The Labute approximate surface area is 227 Å². The van der Waals surface area contributed by atoms with Gasteiger partial charge in [-0.1, -0.05) is 35.9 Å². The van der Waals surface area contributed by atoms with Crippen molar-refractivity contribution in [2.45, 2.75) is 20.5 Å². The number of methoxy groups -OCH3 is 1. The average Bonchev–Trinajstić information content (AvgIpc) is 3.17. The highest BCUT2D eigenvalue weighted by atomic mass is 79.9. The van der Waals surface area contributed by atoms with E-state index in [1.165, 1.54) is 29.5 Å². The summed E-state index contributed by atoms with van der Waals surface area (Å²) in [6.45, 7) is 4.72. The minimum absolute atomic E-state index is 0.136. The number of benzene rings is 3. The van der Waals surface area contributed by atoms with Crippen LogP contribution in [0.3, 0.4) is 0 Å². The Morgan fingerprint density at radius 3 is 2.59 bits per heavy atom. The molecule has 190 valence electrons. The van der Waals surface area contributed by atoms with E-state index in [2.05, 4.69) is 20.9 Å². The van der Waals surface area contributed by atoms with Crippen LogP contribution in [0.5, 0.6) is 11.5 Å². The number of halogens is 1. The van der Waals surface area contributed by atoms with Gasteiger partial charge in [0.2, 0.25) is 0 Å². The number of aryl methyl sites for hydroxylation is 1. The summed E-state index contributed by atoms with van der Waals surface area (Å²) in [5.41, 5.74) is 3.58. The Balaban J connectivity index is 1.59. The topological polar surface area (TPSA) is 88.4 Å². The fourth-order valence-corrected chi connectivity index (χ4v) is 5.28. The predicted octanol–water partition coefficient (Wildman–Crippen LogP) is 6.67. The molecule has 0 atom stereocenters. The average molecular weight is 581 g/mol. The number of carboxylic acid groups (broad SMARTS) is 1. The van der Waals surface area contributed by atoms with Crippen LogP contribution in [0.1, 0.15) is 34.0 Å². The van der Waals surface area contributed by atoms with Gasteiger partial charge in [-0.15, -0.1) is 0 Å². The molecule has 1 aliphatic heterocycles. The highest BCUT2D eigenvalue weighted by Gasteiger charge is 2.32. The predicted molar refractivity (Wildman–Crippen MR) is 150 cm³/mol. The Bertz CT molecular complexity index is 1400. The number of aromatic carboxylic acids is 1. The smallest absolute Gasteiger partial charge is 0.335 e. The molecule has 0 saturated carbocycles. The summed E-state index contributed by atoms with van der Waals surface area (Å²) in [4.78, 5) is 31.0. The lowest BCUT2D eigenvalue weighted by Crippen LogP contribution is -2.28. The number of aliphatic imine (C=N–C) groups is 1. The summed E-state index contributed by atoms with van der Waals surface area (Å²) >= 11 is 4.82. The summed E-state index contributed by atoms with van der Waals surface area (Å²) in [5.74, 6) is -0.0896. The maximum Gasteiger partial charge on any atom is 0.335 e. The van der Waals surface area contributed by atoms with Crippen LogP contribution in [-0.4, -0.2) is 40.7 Å². The molecule has 0 unspecified atom stereocenters. The Morgan fingerprint density at radius 2 is 1.92 bits per heavy atom. The van der Waals surface area contributed by atoms with E-state index in [0.717, 1.165) is 11.1 Å². The number of likely N-dealkylation sites (N-methyl/N-ethyl adjacent to an activating group) is 1. The first-order valence-electron chi connectivity index (χ1n) is 11.5. The van der Waals surface area contributed by atoms with Crippen LogP contribution < -0.4 is 9.47 Å². The van der Waals surface area contributed by atoms with Gasteiger partial charge in [0.1, 0.15) is 6.61 Å². The monoisotopic (exact) mass is 580 g/mol.